The molecule has 41 heavy (non-hydrogen) atoms. The maximum Gasteiger partial charge on any atom is 0.273 e. The van der Waals surface area contributed by atoms with Crippen LogP contribution in [0.15, 0.2) is 42.5 Å². The summed E-state index contributed by atoms with van der Waals surface area (Å²) in [6.45, 7) is 3.99. The third kappa shape index (κ3) is 6.05. The second-order valence-electron chi connectivity index (χ2n) is 9.43. The molecule has 5 N–H and O–H groups in total. The number of nitrogen functional groups attached to an aromatic ring is 1. The van der Waals surface area contributed by atoms with Crippen LogP contribution < -0.4 is 35.9 Å². The summed E-state index contributed by atoms with van der Waals surface area (Å²) >= 11 is 0.737. The fourth-order valence-electron chi connectivity index (χ4n) is 4.75. The molecule has 0 spiro atoms. The van der Waals surface area contributed by atoms with E-state index in [1.807, 2.05) is 6.92 Å². The molecule has 13 heteroatoms. The standard InChI is InChI=1S/C28H31N5O7S/c1-2-37-18-8-5-16(6-9-18)24(27(35)31-15-19-4-3-11-38-19)33(17-7-10-20-21(14-17)40-13-12-39-20)28(36)25-22(29)23(26(30)34)32-41-25/h5-10,14,19,24H,2-4,11-13,15,29H2,1H3,(H2,30,34)(H,31,35)/t19-,24+/m0/s1. The van der Waals surface area contributed by atoms with Gasteiger partial charge in [0.15, 0.2) is 17.2 Å². The molecule has 3 heterocycles. The highest BCUT2D eigenvalue weighted by molar-refractivity contribution is 7.09. The van der Waals surface area contributed by atoms with Crippen molar-refractivity contribution in [2.75, 3.05) is 43.6 Å². The molecule has 0 unspecified atom stereocenters. The molecule has 0 bridgehead atoms. The van der Waals surface area contributed by atoms with Gasteiger partial charge in [0, 0.05) is 24.9 Å². The smallest absolute Gasteiger partial charge is 0.273 e. The number of rotatable bonds is 10. The van der Waals surface area contributed by atoms with Crippen molar-refractivity contribution >= 4 is 40.6 Å². The highest BCUT2D eigenvalue weighted by Gasteiger charge is 2.37. The predicted octanol–water partition coefficient (Wildman–Crippen LogP) is 2.68. The van der Waals surface area contributed by atoms with E-state index in [4.69, 9.17) is 30.4 Å². The van der Waals surface area contributed by atoms with E-state index in [1.54, 1.807) is 42.5 Å². The molecule has 2 atom stereocenters. The topological polar surface area (TPSA) is 168 Å². The monoisotopic (exact) mass is 581 g/mol. The van der Waals surface area contributed by atoms with Crippen molar-refractivity contribution in [2.45, 2.75) is 31.9 Å². The van der Waals surface area contributed by atoms with Crippen molar-refractivity contribution in [2.24, 2.45) is 5.73 Å². The van der Waals surface area contributed by atoms with Gasteiger partial charge in [-0.15, -0.1) is 0 Å². The van der Waals surface area contributed by atoms with Crippen molar-refractivity contribution < 1.29 is 33.3 Å². The van der Waals surface area contributed by atoms with Gasteiger partial charge in [-0.3, -0.25) is 19.3 Å². The molecule has 2 aliphatic heterocycles. The minimum Gasteiger partial charge on any atom is -0.494 e. The number of hydrogen-bond acceptors (Lipinski definition) is 10. The molecule has 5 rings (SSSR count). The van der Waals surface area contributed by atoms with Crippen molar-refractivity contribution in [3.63, 3.8) is 0 Å². The molecule has 216 valence electrons. The number of nitrogens with zero attached hydrogens (tertiary/aromatic N) is 2. The first-order valence-electron chi connectivity index (χ1n) is 13.3. The average Bonchev–Trinajstić information content (AvgIpc) is 3.64. The summed E-state index contributed by atoms with van der Waals surface area (Å²) in [5.41, 5.74) is 12.1. The zero-order valence-corrected chi connectivity index (χ0v) is 23.3. The van der Waals surface area contributed by atoms with Gasteiger partial charge in [-0.25, -0.2) is 0 Å². The first kappa shape index (κ1) is 28.2. The Morgan fingerprint density at radius 1 is 1.12 bits per heavy atom. The fraction of sp³-hybridized carbons (Fsp3) is 0.357. The molecule has 3 aromatic rings. The highest BCUT2D eigenvalue weighted by atomic mass is 32.1. The number of nitrogens with two attached hydrogens (primary N) is 2. The zero-order chi connectivity index (χ0) is 28.9. The first-order valence-corrected chi connectivity index (χ1v) is 14.0. The van der Waals surface area contributed by atoms with Crippen LogP contribution in [0.4, 0.5) is 11.4 Å². The molecule has 2 aliphatic rings. The van der Waals surface area contributed by atoms with Gasteiger partial charge in [0.25, 0.3) is 11.8 Å². The Balaban J connectivity index is 1.61. The molecule has 1 saturated heterocycles. The van der Waals surface area contributed by atoms with Gasteiger partial charge in [0.2, 0.25) is 5.91 Å². The molecular formula is C28H31N5O7S. The van der Waals surface area contributed by atoms with E-state index in [2.05, 4.69) is 9.69 Å². The van der Waals surface area contributed by atoms with Crippen LogP contribution >= 0.6 is 11.5 Å². The summed E-state index contributed by atoms with van der Waals surface area (Å²) in [4.78, 5) is 41.4. The number of primary amides is 1. The molecule has 1 aromatic heterocycles. The summed E-state index contributed by atoms with van der Waals surface area (Å²) < 4.78 is 26.7. The average molecular weight is 582 g/mol. The van der Waals surface area contributed by atoms with Gasteiger partial charge in [-0.1, -0.05) is 12.1 Å². The number of fused-ring (bicyclic) bond motifs is 1. The van der Waals surface area contributed by atoms with Gasteiger partial charge >= 0.3 is 0 Å². The van der Waals surface area contributed by atoms with Crippen LogP contribution in [0.25, 0.3) is 0 Å². The SMILES string of the molecule is CCOc1ccc([C@H](C(=O)NC[C@@H]2CCCO2)N(C(=O)c2snc(C(N)=O)c2N)c2ccc3c(c2)OCCO3)cc1. The number of benzene rings is 2. The Hall–Kier alpha value is -4.36. The normalized spacial score (nSPS) is 16.6. The Bertz CT molecular complexity index is 1420. The Labute approximate surface area is 240 Å². The van der Waals surface area contributed by atoms with Crippen LogP contribution in [0, 0.1) is 0 Å². The van der Waals surface area contributed by atoms with E-state index in [0.29, 0.717) is 54.9 Å². The Kier molecular flexibility index (Phi) is 8.55. The van der Waals surface area contributed by atoms with E-state index >= 15 is 0 Å². The number of ether oxygens (including phenoxy) is 4. The van der Waals surface area contributed by atoms with Crippen molar-refractivity contribution in [1.29, 1.82) is 0 Å². The van der Waals surface area contributed by atoms with E-state index in [-0.39, 0.29) is 28.9 Å². The largest absolute Gasteiger partial charge is 0.494 e. The second kappa shape index (κ2) is 12.4. The number of amides is 3. The number of aromatic nitrogens is 1. The van der Waals surface area contributed by atoms with Crippen molar-refractivity contribution in [3.05, 3.63) is 58.6 Å². The van der Waals surface area contributed by atoms with Crippen LogP contribution in [0.5, 0.6) is 17.2 Å². The van der Waals surface area contributed by atoms with Gasteiger partial charge in [0.1, 0.15) is 29.9 Å². The number of anilines is 2. The molecule has 0 saturated carbocycles. The van der Waals surface area contributed by atoms with Crippen LogP contribution in [-0.4, -0.2) is 61.2 Å². The molecule has 0 radical (unpaired) electrons. The molecule has 1 fully saturated rings. The Morgan fingerprint density at radius 3 is 2.54 bits per heavy atom. The summed E-state index contributed by atoms with van der Waals surface area (Å²) in [6.07, 6.45) is 1.62. The summed E-state index contributed by atoms with van der Waals surface area (Å²) in [5, 5.41) is 2.96. The van der Waals surface area contributed by atoms with Gasteiger partial charge in [0.05, 0.1) is 18.4 Å². The van der Waals surface area contributed by atoms with E-state index in [0.717, 1.165) is 24.4 Å². The zero-order valence-electron chi connectivity index (χ0n) is 22.5. The third-order valence-corrected chi connectivity index (χ3v) is 7.57. The molecule has 3 amide bonds. The van der Waals surface area contributed by atoms with E-state index in [9.17, 15) is 14.4 Å². The van der Waals surface area contributed by atoms with Crippen LogP contribution in [0.1, 0.15) is 51.5 Å². The lowest BCUT2D eigenvalue weighted by molar-refractivity contribution is -0.123. The quantitative estimate of drug-likeness (QED) is 0.326. The molecule has 0 aliphatic carbocycles. The number of hydrogen-bond donors (Lipinski definition) is 3. The first-order chi connectivity index (χ1) is 19.9. The second-order valence-corrected chi connectivity index (χ2v) is 10.2. The highest BCUT2D eigenvalue weighted by Crippen LogP contribution is 2.39. The lowest BCUT2D eigenvalue weighted by Crippen LogP contribution is -2.45. The van der Waals surface area contributed by atoms with Gasteiger partial charge < -0.3 is 35.7 Å². The molecular weight excluding hydrogens is 550 g/mol. The van der Waals surface area contributed by atoms with Crippen molar-refractivity contribution in [1.82, 2.24) is 9.69 Å². The van der Waals surface area contributed by atoms with Crippen LogP contribution in [0.2, 0.25) is 0 Å². The fourth-order valence-corrected chi connectivity index (χ4v) is 5.49. The minimum absolute atomic E-state index is 0.0310. The summed E-state index contributed by atoms with van der Waals surface area (Å²) in [6, 6.07) is 10.7. The lowest BCUT2D eigenvalue weighted by Gasteiger charge is -2.32. The van der Waals surface area contributed by atoms with E-state index < -0.39 is 23.8 Å². The Morgan fingerprint density at radius 2 is 1.88 bits per heavy atom. The number of nitrogens with one attached hydrogen (secondary N) is 1. The van der Waals surface area contributed by atoms with E-state index in [1.165, 1.54) is 4.90 Å². The molecule has 12 nitrogen and oxygen atoms in total. The van der Waals surface area contributed by atoms with Crippen LogP contribution in [0.3, 0.4) is 0 Å². The lowest BCUT2D eigenvalue weighted by atomic mass is 10.0. The molecule has 2 aromatic carbocycles. The number of carbonyl (C=O) groups is 3. The minimum atomic E-state index is -1.15. The maximum atomic E-state index is 14.3. The van der Waals surface area contributed by atoms with Gasteiger partial charge in [-0.05, 0) is 61.1 Å². The van der Waals surface area contributed by atoms with Gasteiger partial charge in [-0.2, -0.15) is 4.37 Å². The van der Waals surface area contributed by atoms with Crippen molar-refractivity contribution in [3.8, 4) is 17.2 Å². The third-order valence-electron chi connectivity index (χ3n) is 6.72. The maximum absolute atomic E-state index is 14.3. The predicted molar refractivity (Wildman–Crippen MR) is 152 cm³/mol. The number of carbonyl (C=O) groups excluding carboxylic acids is 3. The summed E-state index contributed by atoms with van der Waals surface area (Å²) in [5.74, 6) is -0.389. The van der Waals surface area contributed by atoms with Crippen LogP contribution in [-0.2, 0) is 9.53 Å². The summed E-state index contributed by atoms with van der Waals surface area (Å²) in [7, 11) is 0.